The van der Waals surface area contributed by atoms with Gasteiger partial charge in [0, 0.05) is 30.4 Å². The van der Waals surface area contributed by atoms with E-state index < -0.39 is 0 Å². The molecule has 0 spiro atoms. The summed E-state index contributed by atoms with van der Waals surface area (Å²) in [5, 5.41) is 8.24. The molecule has 1 N–H and O–H groups in total. The van der Waals surface area contributed by atoms with E-state index in [1.165, 1.54) is 12.8 Å². The van der Waals surface area contributed by atoms with Crippen LogP contribution in [-0.2, 0) is 6.54 Å². The van der Waals surface area contributed by atoms with E-state index in [1.807, 2.05) is 36.0 Å². The molecule has 4 aromatic heterocycles. The van der Waals surface area contributed by atoms with E-state index in [1.54, 1.807) is 0 Å². The summed E-state index contributed by atoms with van der Waals surface area (Å²) in [5.41, 5.74) is 4.74. The molecule has 1 saturated carbocycles. The number of nitrogens with one attached hydrogen (secondary N) is 1. The monoisotopic (exact) mass is 418 g/mol. The van der Waals surface area contributed by atoms with Crippen molar-refractivity contribution in [1.29, 1.82) is 0 Å². The van der Waals surface area contributed by atoms with Gasteiger partial charge in [-0.2, -0.15) is 0 Å². The minimum absolute atomic E-state index is 0.435. The van der Waals surface area contributed by atoms with E-state index in [9.17, 15) is 0 Å². The summed E-state index contributed by atoms with van der Waals surface area (Å²) in [6.07, 6.45) is 8.59. The second kappa shape index (κ2) is 7.92. The molecule has 1 aliphatic rings. The van der Waals surface area contributed by atoms with Gasteiger partial charge in [0.1, 0.15) is 11.3 Å². The van der Waals surface area contributed by atoms with Crippen molar-refractivity contribution in [2.45, 2.75) is 58.2 Å². The summed E-state index contributed by atoms with van der Waals surface area (Å²) in [4.78, 5) is 16.5. The highest BCUT2D eigenvalue weighted by Gasteiger charge is 2.23. The third kappa shape index (κ3) is 3.65. The fourth-order valence-corrected chi connectivity index (χ4v) is 4.75. The quantitative estimate of drug-likeness (QED) is 0.532. The van der Waals surface area contributed by atoms with Crippen LogP contribution in [0.25, 0.3) is 27.9 Å². The van der Waals surface area contributed by atoms with Gasteiger partial charge in [0.15, 0.2) is 5.65 Å². The van der Waals surface area contributed by atoms with Crippen LogP contribution < -0.4 is 5.32 Å². The average Bonchev–Trinajstić information content (AvgIpc) is 3.33. The van der Waals surface area contributed by atoms with Crippen molar-refractivity contribution in [3.63, 3.8) is 0 Å². The summed E-state index contributed by atoms with van der Waals surface area (Å²) in [6, 6.07) is 7.25. The molecule has 0 aromatic carbocycles. The number of anilines is 1. The van der Waals surface area contributed by atoms with Crippen molar-refractivity contribution in [1.82, 2.24) is 34.0 Å². The van der Waals surface area contributed by atoms with Crippen LogP contribution in [0.5, 0.6) is 0 Å². The first-order valence-electron chi connectivity index (χ1n) is 11.1. The molecular weight excluding hydrogens is 388 g/mol. The van der Waals surface area contributed by atoms with Gasteiger partial charge in [-0.15, -0.1) is 5.10 Å². The largest absolute Gasteiger partial charge is 0.350 e. The van der Waals surface area contributed by atoms with E-state index in [0.717, 1.165) is 53.1 Å². The Hall–Kier alpha value is -3.00. The van der Waals surface area contributed by atoms with Crippen LogP contribution in [0.4, 0.5) is 5.95 Å². The topological polar surface area (TPSA) is 76.2 Å². The first-order chi connectivity index (χ1) is 15.0. The lowest BCUT2D eigenvalue weighted by molar-refractivity contribution is 0.221. The molecule has 5 rings (SSSR count). The fraction of sp³-hybridized carbons (Fsp3) is 0.478. The first-order valence-corrected chi connectivity index (χ1v) is 11.1. The Morgan fingerprint density at radius 2 is 1.90 bits per heavy atom. The summed E-state index contributed by atoms with van der Waals surface area (Å²) in [5.74, 6) is 1.67. The van der Waals surface area contributed by atoms with Crippen molar-refractivity contribution in [2.24, 2.45) is 0 Å². The molecule has 0 bridgehead atoms. The molecule has 162 valence electrons. The van der Waals surface area contributed by atoms with Gasteiger partial charge in [-0.1, -0.05) is 0 Å². The number of hydrogen-bond donors (Lipinski definition) is 1. The number of hydrogen-bond acceptors (Lipinski definition) is 6. The predicted molar refractivity (Wildman–Crippen MR) is 123 cm³/mol. The molecule has 8 heteroatoms. The highest BCUT2D eigenvalue weighted by atomic mass is 15.3. The fourth-order valence-electron chi connectivity index (χ4n) is 4.75. The number of aromatic nitrogens is 6. The van der Waals surface area contributed by atoms with Crippen molar-refractivity contribution < 1.29 is 0 Å². The van der Waals surface area contributed by atoms with E-state index in [2.05, 4.69) is 51.8 Å². The Kier molecular flexibility index (Phi) is 5.09. The lowest BCUT2D eigenvalue weighted by Crippen LogP contribution is -2.36. The second-order valence-electron chi connectivity index (χ2n) is 8.70. The Balaban J connectivity index is 1.39. The summed E-state index contributed by atoms with van der Waals surface area (Å²) < 4.78 is 4.03. The molecule has 0 saturated heterocycles. The SMILES string of the molecule is CCn1c(C)nc2ccc(-c3ccn4nc(NC5CCC(N(C)C)CC5)ncc34)nc21. The Morgan fingerprint density at radius 3 is 2.65 bits per heavy atom. The standard InChI is InChI=1S/C23H30N8/c1-5-30-15(2)25-20-11-10-19(27-22(20)30)18-12-13-31-21(18)14-24-23(28-31)26-16-6-8-17(9-7-16)29(3)4/h10-14,16-17H,5-9H2,1-4H3,(H,26,28). The van der Waals surface area contributed by atoms with Crippen LogP contribution in [0.15, 0.2) is 30.6 Å². The molecule has 1 aliphatic carbocycles. The minimum atomic E-state index is 0.435. The van der Waals surface area contributed by atoms with Crippen molar-refractivity contribution >= 4 is 22.6 Å². The van der Waals surface area contributed by atoms with Crippen molar-refractivity contribution in [3.8, 4) is 11.3 Å². The van der Waals surface area contributed by atoms with Crippen LogP contribution in [0.1, 0.15) is 38.4 Å². The zero-order chi connectivity index (χ0) is 21.5. The predicted octanol–water partition coefficient (Wildman–Crippen LogP) is 3.75. The summed E-state index contributed by atoms with van der Waals surface area (Å²) >= 11 is 0. The summed E-state index contributed by atoms with van der Waals surface area (Å²) in [6.45, 7) is 4.99. The average molecular weight is 419 g/mol. The van der Waals surface area contributed by atoms with Gasteiger partial charge in [0.05, 0.1) is 17.4 Å². The number of imidazole rings is 1. The minimum Gasteiger partial charge on any atom is -0.350 e. The molecule has 1 fully saturated rings. The van der Waals surface area contributed by atoms with E-state index >= 15 is 0 Å². The van der Waals surface area contributed by atoms with Gasteiger partial charge < -0.3 is 14.8 Å². The molecule has 0 unspecified atom stereocenters. The van der Waals surface area contributed by atoms with Crippen molar-refractivity contribution in [2.75, 3.05) is 19.4 Å². The highest BCUT2D eigenvalue weighted by molar-refractivity contribution is 5.82. The maximum atomic E-state index is 4.91. The number of pyridine rings is 1. The molecule has 4 heterocycles. The van der Waals surface area contributed by atoms with E-state index in [4.69, 9.17) is 10.1 Å². The summed E-state index contributed by atoms with van der Waals surface area (Å²) in [7, 11) is 4.34. The number of aryl methyl sites for hydroxylation is 2. The number of fused-ring (bicyclic) bond motifs is 2. The highest BCUT2D eigenvalue weighted by Crippen LogP contribution is 2.27. The lowest BCUT2D eigenvalue weighted by Gasteiger charge is -2.32. The molecular formula is C23H30N8. The maximum Gasteiger partial charge on any atom is 0.241 e. The molecule has 8 nitrogen and oxygen atoms in total. The smallest absolute Gasteiger partial charge is 0.241 e. The zero-order valence-electron chi connectivity index (χ0n) is 18.7. The van der Waals surface area contributed by atoms with Crippen LogP contribution in [0.3, 0.4) is 0 Å². The molecule has 0 atom stereocenters. The van der Waals surface area contributed by atoms with Crippen LogP contribution in [0, 0.1) is 6.92 Å². The van der Waals surface area contributed by atoms with E-state index in [0.29, 0.717) is 18.0 Å². The molecule has 0 radical (unpaired) electrons. The molecule has 0 amide bonds. The number of rotatable bonds is 5. The van der Waals surface area contributed by atoms with Gasteiger partial charge in [0.25, 0.3) is 0 Å². The van der Waals surface area contributed by atoms with Gasteiger partial charge in [-0.3, -0.25) is 0 Å². The van der Waals surface area contributed by atoms with E-state index in [-0.39, 0.29) is 0 Å². The van der Waals surface area contributed by atoms with Crippen molar-refractivity contribution in [3.05, 3.63) is 36.4 Å². The zero-order valence-corrected chi connectivity index (χ0v) is 18.7. The van der Waals surface area contributed by atoms with Gasteiger partial charge in [-0.05, 0) is 71.8 Å². The third-order valence-electron chi connectivity index (χ3n) is 6.55. The molecule has 0 aliphatic heterocycles. The van der Waals surface area contributed by atoms with Crippen LogP contribution >= 0.6 is 0 Å². The molecule has 4 aromatic rings. The molecule has 31 heavy (non-hydrogen) atoms. The Morgan fingerprint density at radius 1 is 1.10 bits per heavy atom. The van der Waals surface area contributed by atoms with Crippen LogP contribution in [-0.4, -0.2) is 60.2 Å². The van der Waals surface area contributed by atoms with Crippen LogP contribution in [0.2, 0.25) is 0 Å². The normalized spacial score (nSPS) is 19.5. The Bertz CT molecular complexity index is 1210. The third-order valence-corrected chi connectivity index (χ3v) is 6.55. The number of nitrogens with zero attached hydrogens (tertiary/aromatic N) is 7. The van der Waals surface area contributed by atoms with Gasteiger partial charge in [0.2, 0.25) is 5.95 Å². The first kappa shape index (κ1) is 19.9. The lowest BCUT2D eigenvalue weighted by atomic mass is 9.91. The van der Waals surface area contributed by atoms with Gasteiger partial charge >= 0.3 is 0 Å². The maximum absolute atomic E-state index is 4.91. The van der Waals surface area contributed by atoms with Gasteiger partial charge in [-0.25, -0.2) is 19.5 Å². The Labute approximate surface area is 182 Å². The second-order valence-corrected chi connectivity index (χ2v) is 8.70.